The molecule has 0 saturated carbocycles. The van der Waals surface area contributed by atoms with Gasteiger partial charge in [-0.2, -0.15) is 0 Å². The van der Waals surface area contributed by atoms with E-state index in [4.69, 9.17) is 9.84 Å². The molecule has 2 aromatic rings. The molecule has 0 fully saturated rings. The molecule has 5 heteroatoms. The summed E-state index contributed by atoms with van der Waals surface area (Å²) in [5.74, 6) is -0.811. The number of hydrogen-bond acceptors (Lipinski definition) is 3. The van der Waals surface area contributed by atoms with E-state index in [9.17, 15) is 9.59 Å². The van der Waals surface area contributed by atoms with Crippen LogP contribution in [0.15, 0.2) is 48.5 Å². The molecule has 5 nitrogen and oxygen atoms in total. The van der Waals surface area contributed by atoms with Crippen LogP contribution in [0, 0.1) is 6.92 Å². The predicted molar refractivity (Wildman–Crippen MR) is 96.0 cm³/mol. The van der Waals surface area contributed by atoms with Crippen molar-refractivity contribution in [3.05, 3.63) is 65.2 Å². The first-order valence-corrected chi connectivity index (χ1v) is 8.14. The standard InChI is InChI=1S/C20H23NO4/c1-14-7-9-16(10-8-14)11-15(2)21(3)20(24)17-5-4-6-18(12-17)25-13-19(22)23/h4-10,12,15H,11,13H2,1-3H3,(H,22,23). The van der Waals surface area contributed by atoms with E-state index < -0.39 is 12.6 Å². The molecule has 132 valence electrons. The highest BCUT2D eigenvalue weighted by atomic mass is 16.5. The molecule has 0 saturated heterocycles. The molecule has 1 unspecified atom stereocenters. The lowest BCUT2D eigenvalue weighted by Gasteiger charge is -2.25. The van der Waals surface area contributed by atoms with Crippen LogP contribution in [0.3, 0.4) is 0 Å². The Hall–Kier alpha value is -2.82. The lowest BCUT2D eigenvalue weighted by Crippen LogP contribution is -2.36. The van der Waals surface area contributed by atoms with Gasteiger partial charge in [0.25, 0.3) is 5.91 Å². The molecule has 0 heterocycles. The fourth-order valence-electron chi connectivity index (χ4n) is 2.47. The molecule has 0 aliphatic rings. The summed E-state index contributed by atoms with van der Waals surface area (Å²) in [5.41, 5.74) is 2.86. The summed E-state index contributed by atoms with van der Waals surface area (Å²) in [7, 11) is 1.77. The van der Waals surface area contributed by atoms with Crippen molar-refractivity contribution in [2.24, 2.45) is 0 Å². The highest BCUT2D eigenvalue weighted by Crippen LogP contribution is 2.17. The number of benzene rings is 2. The van der Waals surface area contributed by atoms with Gasteiger partial charge in [0, 0.05) is 18.7 Å². The zero-order chi connectivity index (χ0) is 18.4. The van der Waals surface area contributed by atoms with Crippen molar-refractivity contribution in [1.29, 1.82) is 0 Å². The van der Waals surface area contributed by atoms with Gasteiger partial charge >= 0.3 is 5.97 Å². The van der Waals surface area contributed by atoms with Crippen LogP contribution in [-0.2, 0) is 11.2 Å². The van der Waals surface area contributed by atoms with Gasteiger partial charge in [0.05, 0.1) is 0 Å². The van der Waals surface area contributed by atoms with Crippen molar-refractivity contribution in [1.82, 2.24) is 4.90 Å². The maximum Gasteiger partial charge on any atom is 0.341 e. The minimum atomic E-state index is -1.06. The van der Waals surface area contributed by atoms with Gasteiger partial charge in [0.2, 0.25) is 0 Å². The number of aliphatic carboxylic acids is 1. The van der Waals surface area contributed by atoms with Gasteiger partial charge in [-0.15, -0.1) is 0 Å². The van der Waals surface area contributed by atoms with E-state index in [1.807, 2.05) is 13.8 Å². The van der Waals surface area contributed by atoms with E-state index in [0.29, 0.717) is 11.3 Å². The van der Waals surface area contributed by atoms with E-state index in [2.05, 4.69) is 24.3 Å². The number of likely N-dealkylation sites (N-methyl/N-ethyl adjacent to an activating group) is 1. The van der Waals surface area contributed by atoms with Gasteiger partial charge in [-0.05, 0) is 44.0 Å². The second-order valence-corrected chi connectivity index (χ2v) is 6.17. The second-order valence-electron chi connectivity index (χ2n) is 6.17. The SMILES string of the molecule is Cc1ccc(CC(C)N(C)C(=O)c2cccc(OCC(=O)O)c2)cc1. The Labute approximate surface area is 147 Å². The van der Waals surface area contributed by atoms with Gasteiger partial charge < -0.3 is 14.7 Å². The van der Waals surface area contributed by atoms with Crippen molar-refractivity contribution < 1.29 is 19.4 Å². The van der Waals surface area contributed by atoms with Crippen LogP contribution in [0.5, 0.6) is 5.75 Å². The first kappa shape index (κ1) is 18.5. The molecule has 25 heavy (non-hydrogen) atoms. The Morgan fingerprint density at radius 2 is 1.84 bits per heavy atom. The van der Waals surface area contributed by atoms with Crippen molar-refractivity contribution >= 4 is 11.9 Å². The van der Waals surface area contributed by atoms with Gasteiger partial charge in [-0.25, -0.2) is 4.79 Å². The molecule has 0 aromatic heterocycles. The maximum atomic E-state index is 12.7. The fourth-order valence-corrected chi connectivity index (χ4v) is 2.47. The van der Waals surface area contributed by atoms with Crippen LogP contribution in [0.25, 0.3) is 0 Å². The van der Waals surface area contributed by atoms with Gasteiger partial charge in [-0.3, -0.25) is 4.79 Å². The number of nitrogens with zero attached hydrogens (tertiary/aromatic N) is 1. The predicted octanol–water partition coefficient (Wildman–Crippen LogP) is 3.16. The van der Waals surface area contributed by atoms with Crippen molar-refractivity contribution in [3.8, 4) is 5.75 Å². The Balaban J connectivity index is 2.04. The van der Waals surface area contributed by atoms with E-state index in [0.717, 1.165) is 6.42 Å². The molecule has 0 bridgehead atoms. The number of carbonyl (C=O) groups excluding carboxylic acids is 1. The smallest absolute Gasteiger partial charge is 0.341 e. The lowest BCUT2D eigenvalue weighted by atomic mass is 10.0. The van der Waals surface area contributed by atoms with E-state index in [1.165, 1.54) is 11.1 Å². The van der Waals surface area contributed by atoms with Crippen LogP contribution in [0.1, 0.15) is 28.4 Å². The summed E-state index contributed by atoms with van der Waals surface area (Å²) in [6.45, 7) is 3.61. The summed E-state index contributed by atoms with van der Waals surface area (Å²) in [6.07, 6.45) is 0.762. The van der Waals surface area contributed by atoms with Crippen LogP contribution in [-0.4, -0.2) is 41.6 Å². The first-order valence-electron chi connectivity index (χ1n) is 8.14. The first-order chi connectivity index (χ1) is 11.9. The molecule has 1 amide bonds. The molecular weight excluding hydrogens is 318 g/mol. The normalized spacial score (nSPS) is 11.6. The number of carbonyl (C=O) groups is 2. The monoisotopic (exact) mass is 341 g/mol. The molecule has 0 aliphatic heterocycles. The number of hydrogen-bond donors (Lipinski definition) is 1. The molecule has 0 spiro atoms. The largest absolute Gasteiger partial charge is 0.482 e. The van der Waals surface area contributed by atoms with Crippen LogP contribution in [0.4, 0.5) is 0 Å². The number of carboxylic acid groups (broad SMARTS) is 1. The highest BCUT2D eigenvalue weighted by Gasteiger charge is 2.18. The van der Waals surface area contributed by atoms with E-state index >= 15 is 0 Å². The lowest BCUT2D eigenvalue weighted by molar-refractivity contribution is -0.139. The van der Waals surface area contributed by atoms with Crippen LogP contribution < -0.4 is 4.74 Å². The van der Waals surface area contributed by atoms with Crippen LogP contribution in [0.2, 0.25) is 0 Å². The molecule has 0 aliphatic carbocycles. The molecule has 0 radical (unpaired) electrons. The second kappa shape index (κ2) is 8.33. The Bertz CT molecular complexity index is 740. The minimum Gasteiger partial charge on any atom is -0.482 e. The van der Waals surface area contributed by atoms with Gasteiger partial charge in [-0.1, -0.05) is 35.9 Å². The number of carboxylic acids is 1. The third-order valence-corrected chi connectivity index (χ3v) is 4.08. The van der Waals surface area contributed by atoms with Crippen molar-refractivity contribution in [2.75, 3.05) is 13.7 Å². The maximum absolute atomic E-state index is 12.7. The number of rotatable bonds is 7. The minimum absolute atomic E-state index is 0.0267. The average molecular weight is 341 g/mol. The fraction of sp³-hybridized carbons (Fsp3) is 0.300. The molecular formula is C20H23NO4. The van der Waals surface area contributed by atoms with Crippen molar-refractivity contribution in [2.45, 2.75) is 26.3 Å². The van der Waals surface area contributed by atoms with Crippen LogP contribution >= 0.6 is 0 Å². The topological polar surface area (TPSA) is 66.8 Å². The Kier molecular flexibility index (Phi) is 6.17. The Morgan fingerprint density at radius 1 is 1.16 bits per heavy atom. The highest BCUT2D eigenvalue weighted by molar-refractivity contribution is 5.94. The summed E-state index contributed by atoms with van der Waals surface area (Å²) in [5, 5.41) is 8.67. The zero-order valence-corrected chi connectivity index (χ0v) is 14.7. The summed E-state index contributed by atoms with van der Waals surface area (Å²) >= 11 is 0. The van der Waals surface area contributed by atoms with E-state index in [-0.39, 0.29) is 11.9 Å². The molecule has 2 aromatic carbocycles. The quantitative estimate of drug-likeness (QED) is 0.840. The van der Waals surface area contributed by atoms with Crippen molar-refractivity contribution in [3.63, 3.8) is 0 Å². The van der Waals surface area contributed by atoms with Gasteiger partial charge in [0.1, 0.15) is 5.75 Å². The van der Waals surface area contributed by atoms with E-state index in [1.54, 1.807) is 36.2 Å². The molecule has 2 rings (SSSR count). The third kappa shape index (κ3) is 5.35. The zero-order valence-electron chi connectivity index (χ0n) is 14.7. The number of ether oxygens (including phenoxy) is 1. The molecule has 1 N–H and O–H groups in total. The average Bonchev–Trinajstić information content (AvgIpc) is 2.60. The number of aryl methyl sites for hydroxylation is 1. The Morgan fingerprint density at radius 3 is 2.48 bits per heavy atom. The summed E-state index contributed by atoms with van der Waals surface area (Å²) in [6, 6.07) is 14.9. The summed E-state index contributed by atoms with van der Waals surface area (Å²) in [4.78, 5) is 24.9. The number of amides is 1. The summed E-state index contributed by atoms with van der Waals surface area (Å²) < 4.78 is 5.14. The van der Waals surface area contributed by atoms with Gasteiger partial charge in [0.15, 0.2) is 6.61 Å². The molecule has 1 atom stereocenters. The third-order valence-electron chi connectivity index (χ3n) is 4.08.